The van der Waals surface area contributed by atoms with Gasteiger partial charge in [-0.15, -0.1) is 0 Å². The number of nitro benzene ring substituents is 1. The van der Waals surface area contributed by atoms with Crippen molar-refractivity contribution >= 4 is 72.5 Å². The number of aromatic nitrogens is 1. The molecule has 238 valence electrons. The maximum Gasteiger partial charge on any atom is 0.434 e. The largest absolute Gasteiger partial charge is 0.481 e. The van der Waals surface area contributed by atoms with E-state index in [0.29, 0.717) is 11.3 Å². The van der Waals surface area contributed by atoms with Gasteiger partial charge in [0.2, 0.25) is 5.75 Å². The summed E-state index contributed by atoms with van der Waals surface area (Å²) in [6.07, 6.45) is -3.78. The zero-order chi connectivity index (χ0) is 33.3. The van der Waals surface area contributed by atoms with E-state index in [0.717, 1.165) is 14.6 Å². The van der Waals surface area contributed by atoms with Gasteiger partial charge < -0.3 is 9.47 Å². The van der Waals surface area contributed by atoms with Gasteiger partial charge in [0.25, 0.3) is 5.56 Å². The number of halogens is 6. The van der Waals surface area contributed by atoms with Crippen molar-refractivity contribution in [2.75, 3.05) is 6.61 Å². The molecule has 0 N–H and O–H groups in total. The Hall–Kier alpha value is -3.79. The van der Waals surface area contributed by atoms with Crippen molar-refractivity contribution in [3.63, 3.8) is 0 Å². The second-order valence-electron chi connectivity index (χ2n) is 9.64. The number of esters is 1. The van der Waals surface area contributed by atoms with Gasteiger partial charge in [0.15, 0.2) is 10.5 Å². The van der Waals surface area contributed by atoms with Gasteiger partial charge in [0.05, 0.1) is 32.2 Å². The molecule has 16 heteroatoms. The fourth-order valence-corrected chi connectivity index (χ4v) is 6.62. The predicted molar refractivity (Wildman–Crippen MR) is 172 cm³/mol. The number of allylic oxidation sites excluding steroid dienone is 1. The molecule has 2 heterocycles. The number of thiazole rings is 1. The summed E-state index contributed by atoms with van der Waals surface area (Å²) in [6, 6.07) is 13.9. The number of carbonyl (C=O) groups is 1. The molecule has 0 saturated heterocycles. The molecule has 0 unspecified atom stereocenters. The molecule has 1 aliphatic rings. The number of benzene rings is 3. The van der Waals surface area contributed by atoms with Gasteiger partial charge >= 0.3 is 17.8 Å². The molecule has 3 aromatic carbocycles. The van der Waals surface area contributed by atoms with E-state index in [1.165, 1.54) is 49.4 Å². The van der Waals surface area contributed by atoms with Gasteiger partial charge in [-0.05, 0) is 76.0 Å². The van der Waals surface area contributed by atoms with Crippen LogP contribution in [-0.4, -0.2) is 28.2 Å². The third kappa shape index (κ3) is 6.97. The van der Waals surface area contributed by atoms with E-state index in [4.69, 9.17) is 21.1 Å². The molecule has 1 aliphatic heterocycles. The van der Waals surface area contributed by atoms with Gasteiger partial charge in [-0.25, -0.2) is 9.79 Å². The lowest BCUT2D eigenvalue weighted by molar-refractivity contribution is -0.386. The third-order valence-electron chi connectivity index (χ3n) is 6.62. The lowest BCUT2D eigenvalue weighted by atomic mass is 9.95. The molecule has 1 atom stereocenters. The fraction of sp³-hybridized carbons (Fsp3) is 0.167. The molecule has 1 aromatic heterocycles. The van der Waals surface area contributed by atoms with Crippen LogP contribution in [0.25, 0.3) is 6.08 Å². The first-order valence-corrected chi connectivity index (χ1v) is 16.0. The summed E-state index contributed by atoms with van der Waals surface area (Å²) in [7, 11) is 0. The van der Waals surface area contributed by atoms with Crippen LogP contribution in [0.4, 0.5) is 18.9 Å². The monoisotopic (exact) mass is 799 g/mol. The molecule has 0 radical (unpaired) electrons. The van der Waals surface area contributed by atoms with Gasteiger partial charge in [0, 0.05) is 15.6 Å². The number of fused-ring (bicyclic) bond motifs is 1. The van der Waals surface area contributed by atoms with E-state index in [1.807, 2.05) is 0 Å². The normalized spacial score (nSPS) is 14.9. The molecule has 0 bridgehead atoms. The Kier molecular flexibility index (Phi) is 9.86. The third-order valence-corrected chi connectivity index (χ3v) is 8.97. The molecule has 0 spiro atoms. The van der Waals surface area contributed by atoms with Crippen LogP contribution in [0.2, 0.25) is 5.02 Å². The van der Waals surface area contributed by atoms with E-state index >= 15 is 0 Å². The van der Waals surface area contributed by atoms with Gasteiger partial charge in [-0.3, -0.25) is 19.5 Å². The number of nitrogens with zero attached hydrogens (tertiary/aromatic N) is 3. The zero-order valence-electron chi connectivity index (χ0n) is 23.3. The predicted octanol–water partition coefficient (Wildman–Crippen LogP) is 7.01. The summed E-state index contributed by atoms with van der Waals surface area (Å²) >= 11 is 13.3. The van der Waals surface area contributed by atoms with E-state index in [-0.39, 0.29) is 48.9 Å². The van der Waals surface area contributed by atoms with Crippen molar-refractivity contribution in [3.05, 3.63) is 132 Å². The summed E-state index contributed by atoms with van der Waals surface area (Å²) in [5, 5.41) is 12.3. The minimum atomic E-state index is -5.07. The highest BCUT2D eigenvalue weighted by Gasteiger charge is 2.45. The van der Waals surface area contributed by atoms with Gasteiger partial charge in [-0.2, -0.15) is 13.2 Å². The lowest BCUT2D eigenvalue weighted by Gasteiger charge is -2.26. The highest BCUT2D eigenvalue weighted by atomic mass is 79.9. The van der Waals surface area contributed by atoms with E-state index in [2.05, 4.69) is 36.9 Å². The molecule has 46 heavy (non-hydrogen) atoms. The summed E-state index contributed by atoms with van der Waals surface area (Å²) in [4.78, 5) is 41.5. The Labute approximate surface area is 283 Å². The van der Waals surface area contributed by atoms with Gasteiger partial charge in [-0.1, -0.05) is 63.1 Å². The van der Waals surface area contributed by atoms with Crippen LogP contribution in [0.3, 0.4) is 0 Å². The number of rotatable bonds is 8. The molecule has 0 fully saturated rings. The highest BCUT2D eigenvalue weighted by Crippen LogP contribution is 2.39. The van der Waals surface area contributed by atoms with Crippen molar-refractivity contribution in [1.29, 1.82) is 0 Å². The van der Waals surface area contributed by atoms with Crippen molar-refractivity contribution in [2.45, 2.75) is 25.7 Å². The molecule has 0 amide bonds. The average molecular weight is 802 g/mol. The SMILES string of the molecule is CCOC(=O)C1=C(C(F)(F)F)N=c2s/c(=C\c3cc(Br)c(OCc4ccc(Br)cc4)c([N+](=O)[O-])c3)c(=O)n2[C@@H]1c1ccc(Cl)cc1. The average Bonchev–Trinajstić information content (AvgIpc) is 3.30. The molecule has 0 aliphatic carbocycles. The van der Waals surface area contributed by atoms with E-state index in [1.54, 1.807) is 24.3 Å². The first-order chi connectivity index (χ1) is 21.8. The molecule has 5 rings (SSSR count). The Balaban J connectivity index is 1.66. The quantitative estimate of drug-likeness (QED) is 0.108. The number of alkyl halides is 3. The zero-order valence-corrected chi connectivity index (χ0v) is 28.1. The summed E-state index contributed by atoms with van der Waals surface area (Å²) < 4.78 is 55.7. The van der Waals surface area contributed by atoms with Crippen molar-refractivity contribution < 1.29 is 32.4 Å². The number of nitro groups is 1. The second-order valence-corrected chi connectivity index (χ2v) is 12.9. The van der Waals surface area contributed by atoms with Crippen LogP contribution in [0.1, 0.15) is 29.7 Å². The smallest absolute Gasteiger partial charge is 0.434 e. The van der Waals surface area contributed by atoms with E-state index in [9.17, 15) is 32.9 Å². The number of ether oxygens (including phenoxy) is 2. The van der Waals surface area contributed by atoms with Crippen LogP contribution in [-0.2, 0) is 16.1 Å². The molecule has 4 aromatic rings. The topological polar surface area (TPSA) is 113 Å². The minimum absolute atomic E-state index is 0.0275. The standard InChI is InChI=1S/C30H19Br2ClF3N3O6S/c1-2-44-28(41)23-24(17-5-9-19(33)10-6-17)38-27(40)22(46-29(38)37-26(23)30(34,35)36)13-16-11-20(32)25(21(12-16)39(42)43)45-14-15-3-7-18(31)8-4-15/h3-13,24H,2,14H2,1H3/b22-13-/t24-/m1/s1. The Bertz CT molecular complexity index is 2060. The van der Waals surface area contributed by atoms with Crippen LogP contribution in [0.5, 0.6) is 5.75 Å². The molecular weight excluding hydrogens is 783 g/mol. The molecular formula is C30H19Br2ClF3N3O6S. The maximum absolute atomic E-state index is 14.3. The van der Waals surface area contributed by atoms with Crippen molar-refractivity contribution in [3.8, 4) is 5.75 Å². The summed E-state index contributed by atoms with van der Waals surface area (Å²) in [6.45, 7) is 1.24. The Morgan fingerprint density at radius 1 is 1.15 bits per heavy atom. The number of hydrogen-bond acceptors (Lipinski definition) is 8. The summed E-state index contributed by atoms with van der Waals surface area (Å²) in [5.74, 6) is -1.34. The minimum Gasteiger partial charge on any atom is -0.481 e. The Morgan fingerprint density at radius 3 is 2.43 bits per heavy atom. The number of carbonyl (C=O) groups excluding carboxylic acids is 1. The Morgan fingerprint density at radius 2 is 1.83 bits per heavy atom. The van der Waals surface area contributed by atoms with Crippen molar-refractivity contribution in [2.24, 2.45) is 4.99 Å². The second kappa shape index (κ2) is 13.5. The van der Waals surface area contributed by atoms with Crippen LogP contribution in [0.15, 0.2) is 90.7 Å². The van der Waals surface area contributed by atoms with E-state index < -0.39 is 45.6 Å². The van der Waals surface area contributed by atoms with Crippen LogP contribution >= 0.6 is 54.8 Å². The fourth-order valence-electron chi connectivity index (χ4n) is 4.65. The maximum atomic E-state index is 14.3. The molecule has 9 nitrogen and oxygen atoms in total. The summed E-state index contributed by atoms with van der Waals surface area (Å²) in [5.41, 5.74) is -2.45. The first kappa shape index (κ1) is 33.6. The lowest BCUT2D eigenvalue weighted by Crippen LogP contribution is -2.41. The highest BCUT2D eigenvalue weighted by molar-refractivity contribution is 9.10. The number of hydrogen-bond donors (Lipinski definition) is 0. The first-order valence-electron chi connectivity index (χ1n) is 13.2. The van der Waals surface area contributed by atoms with Crippen LogP contribution < -0.4 is 19.6 Å². The van der Waals surface area contributed by atoms with Gasteiger partial charge in [0.1, 0.15) is 6.61 Å². The van der Waals surface area contributed by atoms with Crippen LogP contribution in [0, 0.1) is 10.1 Å². The van der Waals surface area contributed by atoms with Crippen molar-refractivity contribution in [1.82, 2.24) is 4.57 Å². The molecule has 0 saturated carbocycles.